The second-order valence-corrected chi connectivity index (χ2v) is 6.85. The number of rotatable bonds is 3. The fourth-order valence-corrected chi connectivity index (χ4v) is 3.04. The highest BCUT2D eigenvalue weighted by atomic mass is 32.2. The maximum atomic E-state index is 11.9. The summed E-state index contributed by atoms with van der Waals surface area (Å²) >= 11 is 1.95. The Labute approximate surface area is 112 Å². The Kier molecular flexibility index (Phi) is 3.94. The van der Waals surface area contributed by atoms with Gasteiger partial charge in [-0.15, -0.1) is 5.10 Å². The van der Waals surface area contributed by atoms with Crippen LogP contribution in [0.5, 0.6) is 0 Å². The molecule has 100 valence electrons. The molecule has 18 heavy (non-hydrogen) atoms. The van der Waals surface area contributed by atoms with Gasteiger partial charge in [0.05, 0.1) is 0 Å². The number of carbonyl (C=O) groups excluding carboxylic acids is 1. The Hall–Kier alpha value is -1.04. The second-order valence-electron chi connectivity index (χ2n) is 5.70. The maximum Gasteiger partial charge on any atom is 0.290 e. The number of thioether (sulfide) groups is 1. The predicted molar refractivity (Wildman–Crippen MR) is 72.8 cm³/mol. The Bertz CT molecular complexity index is 418. The van der Waals surface area contributed by atoms with E-state index in [1.165, 1.54) is 12.2 Å². The van der Waals surface area contributed by atoms with E-state index in [0.29, 0.717) is 5.92 Å². The van der Waals surface area contributed by atoms with Gasteiger partial charge in [0.15, 0.2) is 0 Å². The smallest absolute Gasteiger partial charge is 0.290 e. The summed E-state index contributed by atoms with van der Waals surface area (Å²) in [6.07, 6.45) is 1.19. The van der Waals surface area contributed by atoms with Crippen molar-refractivity contribution in [1.29, 1.82) is 0 Å². The summed E-state index contributed by atoms with van der Waals surface area (Å²) in [5.74, 6) is 3.74. The van der Waals surface area contributed by atoms with Crippen LogP contribution in [0.2, 0.25) is 0 Å². The minimum Gasteiger partial charge on any atom is -0.349 e. The molecule has 5 nitrogen and oxygen atoms in total. The van der Waals surface area contributed by atoms with Gasteiger partial charge in [-0.2, -0.15) is 11.8 Å². The number of H-pyrrole nitrogens is 1. The van der Waals surface area contributed by atoms with Crippen molar-refractivity contribution in [2.24, 2.45) is 5.92 Å². The Balaban J connectivity index is 1.90. The molecule has 1 amide bonds. The largest absolute Gasteiger partial charge is 0.349 e. The molecule has 6 heteroatoms. The molecule has 2 rings (SSSR count). The third-order valence-electron chi connectivity index (χ3n) is 2.97. The average Bonchev–Trinajstić information content (AvgIpc) is 2.96. The maximum absolute atomic E-state index is 11.9. The normalized spacial score (nSPS) is 20.1. The highest BCUT2D eigenvalue weighted by molar-refractivity contribution is 7.99. The van der Waals surface area contributed by atoms with Gasteiger partial charge in [-0.25, -0.2) is 4.98 Å². The van der Waals surface area contributed by atoms with Gasteiger partial charge in [0.2, 0.25) is 5.82 Å². The van der Waals surface area contributed by atoms with Crippen LogP contribution in [0.1, 0.15) is 43.6 Å². The molecule has 1 aromatic rings. The summed E-state index contributed by atoms with van der Waals surface area (Å²) in [6.45, 7) is 6.83. The lowest BCUT2D eigenvalue weighted by atomic mass is 9.96. The molecular formula is C12H20N4OS. The number of amides is 1. The van der Waals surface area contributed by atoms with Gasteiger partial charge in [-0.05, 0) is 23.8 Å². The summed E-state index contributed by atoms with van der Waals surface area (Å²) in [6, 6.07) is 0. The first-order valence-corrected chi connectivity index (χ1v) is 7.41. The third-order valence-corrected chi connectivity index (χ3v) is 4.21. The Morgan fingerprint density at radius 1 is 1.56 bits per heavy atom. The molecule has 0 bridgehead atoms. The van der Waals surface area contributed by atoms with Crippen molar-refractivity contribution in [3.8, 4) is 0 Å². The quantitative estimate of drug-likeness (QED) is 0.873. The van der Waals surface area contributed by atoms with E-state index in [1.807, 2.05) is 32.5 Å². The molecule has 1 unspecified atom stereocenters. The van der Waals surface area contributed by atoms with Crippen LogP contribution in [0.4, 0.5) is 0 Å². The van der Waals surface area contributed by atoms with Crippen LogP contribution in [0.25, 0.3) is 0 Å². The van der Waals surface area contributed by atoms with Gasteiger partial charge < -0.3 is 5.32 Å². The SMILES string of the molecule is CC(C)(C)c1nc(C(=O)NCC2CCSC2)n[nH]1. The molecule has 1 fully saturated rings. The van der Waals surface area contributed by atoms with E-state index in [4.69, 9.17) is 0 Å². The van der Waals surface area contributed by atoms with Crippen molar-refractivity contribution >= 4 is 17.7 Å². The molecule has 0 saturated carbocycles. The number of nitrogens with one attached hydrogen (secondary N) is 2. The van der Waals surface area contributed by atoms with Crippen LogP contribution in [0.15, 0.2) is 0 Å². The zero-order valence-corrected chi connectivity index (χ0v) is 11.9. The zero-order valence-electron chi connectivity index (χ0n) is 11.1. The number of hydrogen-bond acceptors (Lipinski definition) is 4. The van der Waals surface area contributed by atoms with Crippen LogP contribution < -0.4 is 5.32 Å². The number of hydrogen-bond donors (Lipinski definition) is 2. The van der Waals surface area contributed by atoms with Crippen LogP contribution >= 0.6 is 11.8 Å². The summed E-state index contributed by atoms with van der Waals surface area (Å²) in [5, 5.41) is 9.71. The molecule has 2 N–H and O–H groups in total. The first-order chi connectivity index (χ1) is 8.47. The molecule has 1 aromatic heterocycles. The van der Waals surface area contributed by atoms with Crippen LogP contribution in [0, 0.1) is 5.92 Å². The third kappa shape index (κ3) is 3.25. The van der Waals surface area contributed by atoms with Crippen molar-refractivity contribution in [2.75, 3.05) is 18.1 Å². The molecule has 1 aliphatic heterocycles. The van der Waals surface area contributed by atoms with Gasteiger partial charge in [0.1, 0.15) is 5.82 Å². The summed E-state index contributed by atoms with van der Waals surface area (Å²) in [5.41, 5.74) is -0.117. The summed E-state index contributed by atoms with van der Waals surface area (Å²) in [7, 11) is 0. The average molecular weight is 268 g/mol. The predicted octanol–water partition coefficient (Wildman–Crippen LogP) is 1.59. The molecule has 1 saturated heterocycles. The lowest BCUT2D eigenvalue weighted by Crippen LogP contribution is -2.30. The van der Waals surface area contributed by atoms with Crippen molar-refractivity contribution < 1.29 is 4.79 Å². The summed E-state index contributed by atoms with van der Waals surface area (Å²) < 4.78 is 0. The molecule has 0 radical (unpaired) electrons. The minimum absolute atomic E-state index is 0.117. The Morgan fingerprint density at radius 2 is 2.33 bits per heavy atom. The van der Waals surface area contributed by atoms with Gasteiger partial charge in [0, 0.05) is 12.0 Å². The van der Waals surface area contributed by atoms with Gasteiger partial charge in [0.25, 0.3) is 5.91 Å². The zero-order chi connectivity index (χ0) is 13.2. The van der Waals surface area contributed by atoms with Crippen molar-refractivity contribution in [3.05, 3.63) is 11.6 Å². The van der Waals surface area contributed by atoms with Crippen LogP contribution in [-0.2, 0) is 5.41 Å². The minimum atomic E-state index is -0.182. The first-order valence-electron chi connectivity index (χ1n) is 6.25. The molecule has 1 atom stereocenters. The van der Waals surface area contributed by atoms with Crippen LogP contribution in [0.3, 0.4) is 0 Å². The number of nitrogens with zero attached hydrogens (tertiary/aromatic N) is 2. The topological polar surface area (TPSA) is 70.7 Å². The monoisotopic (exact) mass is 268 g/mol. The van der Waals surface area contributed by atoms with E-state index < -0.39 is 0 Å². The summed E-state index contributed by atoms with van der Waals surface area (Å²) in [4.78, 5) is 16.1. The van der Waals surface area contributed by atoms with E-state index in [2.05, 4.69) is 20.5 Å². The lowest BCUT2D eigenvalue weighted by molar-refractivity contribution is 0.0938. The molecule has 1 aliphatic rings. The molecule has 0 aliphatic carbocycles. The van der Waals surface area contributed by atoms with E-state index in [9.17, 15) is 4.79 Å². The molecule has 0 aromatic carbocycles. The second kappa shape index (κ2) is 5.30. The van der Waals surface area contributed by atoms with Crippen molar-refractivity contribution in [1.82, 2.24) is 20.5 Å². The molecule has 2 heterocycles. The van der Waals surface area contributed by atoms with E-state index >= 15 is 0 Å². The van der Waals surface area contributed by atoms with E-state index in [1.54, 1.807) is 0 Å². The van der Waals surface area contributed by atoms with Crippen molar-refractivity contribution in [3.63, 3.8) is 0 Å². The van der Waals surface area contributed by atoms with Crippen LogP contribution in [-0.4, -0.2) is 39.1 Å². The van der Waals surface area contributed by atoms with Gasteiger partial charge in [-0.1, -0.05) is 20.8 Å². The van der Waals surface area contributed by atoms with Gasteiger partial charge >= 0.3 is 0 Å². The molecular weight excluding hydrogens is 248 g/mol. The fourth-order valence-electron chi connectivity index (χ4n) is 1.76. The molecule has 0 spiro atoms. The van der Waals surface area contributed by atoms with Gasteiger partial charge in [-0.3, -0.25) is 9.89 Å². The van der Waals surface area contributed by atoms with E-state index in [-0.39, 0.29) is 17.1 Å². The highest BCUT2D eigenvalue weighted by Gasteiger charge is 2.22. The van der Waals surface area contributed by atoms with E-state index in [0.717, 1.165) is 18.1 Å². The first kappa shape index (κ1) is 13.4. The Morgan fingerprint density at radius 3 is 2.89 bits per heavy atom. The number of aromatic nitrogens is 3. The fraction of sp³-hybridized carbons (Fsp3) is 0.750. The number of carbonyl (C=O) groups is 1. The number of aromatic amines is 1. The standard InChI is InChI=1S/C12H20N4OS/c1-12(2,3)11-14-9(15-16-11)10(17)13-6-8-4-5-18-7-8/h8H,4-7H2,1-3H3,(H,13,17)(H,14,15,16). The lowest BCUT2D eigenvalue weighted by Gasteiger charge is -2.12. The highest BCUT2D eigenvalue weighted by Crippen LogP contribution is 2.22. The van der Waals surface area contributed by atoms with Crippen molar-refractivity contribution in [2.45, 2.75) is 32.6 Å².